The number of rotatable bonds is 11. The number of nitriles is 1. The minimum Gasteiger partial charge on any atom is -0.385 e. The van der Waals surface area contributed by atoms with E-state index in [4.69, 9.17) is 14.3 Å². The van der Waals surface area contributed by atoms with Crippen LogP contribution in [0.1, 0.15) is 80.6 Å². The summed E-state index contributed by atoms with van der Waals surface area (Å²) in [7, 11) is -2.86. The van der Waals surface area contributed by atoms with E-state index in [1.807, 2.05) is 60.6 Å². The number of nitrogens with zero attached hydrogens (tertiary/aromatic N) is 3. The number of hydrogen-bond acceptors (Lipinski definition) is 4. The summed E-state index contributed by atoms with van der Waals surface area (Å²) in [6.07, 6.45) is -12.5. The lowest BCUT2D eigenvalue weighted by Gasteiger charge is -2.27. The van der Waals surface area contributed by atoms with Crippen molar-refractivity contribution in [1.29, 1.82) is 5.26 Å². The second-order valence-corrected chi connectivity index (χ2v) is 17.4. The number of halogens is 10. The van der Waals surface area contributed by atoms with E-state index in [9.17, 15) is 49.2 Å². The molecule has 0 saturated heterocycles. The van der Waals surface area contributed by atoms with Crippen LogP contribution in [-0.2, 0) is 20.1 Å². The zero-order valence-electron chi connectivity index (χ0n) is 35.2. The Hall–Kier alpha value is -5.66. The third-order valence-electron chi connectivity index (χ3n) is 10.6. The second kappa shape index (κ2) is 16.8. The van der Waals surface area contributed by atoms with Crippen LogP contribution in [0.25, 0.3) is 33.7 Å². The molecule has 0 unspecified atom stereocenters. The average Bonchev–Trinajstić information content (AvgIpc) is 3.77. The number of hydrogen-bond donors (Lipinski definition) is 0. The van der Waals surface area contributed by atoms with Crippen LogP contribution in [-0.4, -0.2) is 54.9 Å². The largest absolute Gasteiger partial charge is 0.598 e. The van der Waals surface area contributed by atoms with E-state index in [0.29, 0.717) is 28.0 Å². The van der Waals surface area contributed by atoms with Gasteiger partial charge in [-0.2, -0.15) is 49.2 Å². The lowest BCUT2D eigenvalue weighted by molar-refractivity contribution is -0.295. The van der Waals surface area contributed by atoms with E-state index in [1.165, 1.54) is 6.07 Å². The molecule has 330 valence electrons. The van der Waals surface area contributed by atoms with Crippen molar-refractivity contribution in [2.45, 2.75) is 83.5 Å². The number of aliphatic imine (C=N–C) groups is 1. The highest BCUT2D eigenvalue weighted by atomic mass is 19.4. The van der Waals surface area contributed by atoms with Crippen LogP contribution in [0.5, 0.6) is 0 Å². The molecule has 1 aromatic heterocycles. The molecule has 0 fully saturated rings. The van der Waals surface area contributed by atoms with Crippen LogP contribution >= 0.6 is 0 Å². The van der Waals surface area contributed by atoms with Crippen molar-refractivity contribution in [2.24, 2.45) is 4.99 Å². The zero-order chi connectivity index (χ0) is 46.5. The number of alkyl halides is 10. The van der Waals surface area contributed by atoms with Crippen LogP contribution in [0.2, 0.25) is 0 Å². The first-order valence-electron chi connectivity index (χ1n) is 19.6. The maximum atomic E-state index is 14.7. The quantitative estimate of drug-likeness (QED) is 0.0754. The highest BCUT2D eigenvalue weighted by molar-refractivity contribution is 6.44. The number of fused-ring (bicyclic) bond motifs is 1. The fourth-order valence-electron chi connectivity index (χ4n) is 6.91. The molecule has 0 aliphatic carbocycles. The van der Waals surface area contributed by atoms with Crippen molar-refractivity contribution < 1.29 is 53.2 Å². The molecule has 4 aromatic carbocycles. The van der Waals surface area contributed by atoms with Gasteiger partial charge < -0.3 is 13.8 Å². The van der Waals surface area contributed by atoms with Gasteiger partial charge in [-0.15, -0.1) is 0 Å². The van der Waals surface area contributed by atoms with Gasteiger partial charge in [0.15, 0.2) is 0 Å². The Bertz CT molecular complexity index is 2540. The van der Waals surface area contributed by atoms with Crippen molar-refractivity contribution in [2.75, 3.05) is 13.2 Å². The van der Waals surface area contributed by atoms with E-state index >= 15 is 0 Å². The smallest absolute Gasteiger partial charge is 0.385 e. The Kier molecular flexibility index (Phi) is 12.5. The molecule has 1 aliphatic rings. The Labute approximate surface area is 358 Å². The molecule has 0 spiro atoms. The van der Waals surface area contributed by atoms with E-state index in [0.717, 1.165) is 21.2 Å². The standard InChI is InChI=1S/C47H42BF10N3O2/c1-28-12-14-31(15-13-28)39-34-10-8-9-11-35(34)40(60-39)37(25-59)41-36(29-16-20-32(21-17-29)42(2,3)4)24-38(30-18-22-33(23-19-30)43(5,6)7)61(41)48(62-26-44(49,50)46(53,54)55)63-27-45(51,52)47(56,57)58/h8-24H,26-27H2,1-7H3/b40-37-. The first-order valence-corrected chi connectivity index (χ1v) is 19.6. The lowest BCUT2D eigenvalue weighted by Crippen LogP contribution is -2.48. The highest BCUT2D eigenvalue weighted by Gasteiger charge is 2.60. The summed E-state index contributed by atoms with van der Waals surface area (Å²) in [6, 6.07) is 30.8. The molecule has 5 nitrogen and oxygen atoms in total. The third kappa shape index (κ3) is 9.65. The molecule has 5 aromatic rings. The summed E-state index contributed by atoms with van der Waals surface area (Å²) < 4.78 is 151. The van der Waals surface area contributed by atoms with Crippen molar-refractivity contribution in [3.8, 4) is 28.5 Å². The van der Waals surface area contributed by atoms with E-state index in [1.54, 1.807) is 84.9 Å². The second-order valence-electron chi connectivity index (χ2n) is 17.4. The Morgan fingerprint density at radius 2 is 1.05 bits per heavy atom. The SMILES string of the molecule is Cc1ccc(C2=N/C(=C(/C#N)c3c(-c4ccc(C(C)(C)C)cc4)cc(-c4ccc(C(C)(C)C)cc4)n3B(OCC(F)(F)C(F)(F)F)OCC(F)(F)C(F)(F)F)c3ccccc32)cc1. The van der Waals surface area contributed by atoms with Gasteiger partial charge in [-0.1, -0.05) is 144 Å². The van der Waals surface area contributed by atoms with Gasteiger partial charge in [0.2, 0.25) is 0 Å². The normalized spacial score (nSPS) is 14.6. The van der Waals surface area contributed by atoms with E-state index in [2.05, 4.69) is 6.07 Å². The molecular weight excluding hydrogens is 839 g/mol. The maximum Gasteiger partial charge on any atom is 0.598 e. The molecule has 0 bridgehead atoms. The molecule has 63 heavy (non-hydrogen) atoms. The van der Waals surface area contributed by atoms with Gasteiger partial charge in [-0.3, -0.25) is 0 Å². The molecule has 6 rings (SSSR count). The lowest BCUT2D eigenvalue weighted by atomic mass is 9.86. The molecule has 2 heterocycles. The highest BCUT2D eigenvalue weighted by Crippen LogP contribution is 2.45. The number of benzene rings is 4. The van der Waals surface area contributed by atoms with E-state index in [-0.39, 0.29) is 39.2 Å². The minimum absolute atomic E-state index is 0.0230. The van der Waals surface area contributed by atoms with Gasteiger partial charge >= 0.3 is 31.5 Å². The summed E-state index contributed by atoms with van der Waals surface area (Å²) in [5, 5.41) is 11.2. The first-order chi connectivity index (χ1) is 29.1. The molecule has 1 aliphatic heterocycles. The topological polar surface area (TPSA) is 59.5 Å². The average molecular weight is 882 g/mol. The number of allylic oxidation sites excluding steroid dienone is 1. The van der Waals surface area contributed by atoms with Crippen molar-refractivity contribution in [1.82, 2.24) is 4.48 Å². The van der Waals surface area contributed by atoms with Crippen molar-refractivity contribution >= 4 is 24.2 Å². The van der Waals surface area contributed by atoms with Gasteiger partial charge in [0.05, 0.1) is 17.1 Å². The number of aryl methyl sites for hydroxylation is 1. The third-order valence-corrected chi connectivity index (χ3v) is 10.6. The van der Waals surface area contributed by atoms with Crippen LogP contribution < -0.4 is 0 Å². The van der Waals surface area contributed by atoms with Gasteiger partial charge in [-0.25, -0.2) is 4.99 Å². The summed E-state index contributed by atoms with van der Waals surface area (Å²) in [4.78, 5) is 4.88. The van der Waals surface area contributed by atoms with Crippen LogP contribution in [0.15, 0.2) is 108 Å². The fourth-order valence-corrected chi connectivity index (χ4v) is 6.91. The number of aromatic nitrogens is 1. The Morgan fingerprint density at radius 3 is 1.49 bits per heavy atom. The van der Waals surface area contributed by atoms with Crippen molar-refractivity contribution in [3.05, 3.63) is 142 Å². The van der Waals surface area contributed by atoms with Gasteiger partial charge in [0.1, 0.15) is 24.9 Å². The van der Waals surface area contributed by atoms with Gasteiger partial charge in [-0.05, 0) is 46.1 Å². The Morgan fingerprint density at radius 1 is 0.603 bits per heavy atom. The molecule has 0 radical (unpaired) electrons. The summed E-state index contributed by atoms with van der Waals surface area (Å²) in [5.74, 6) is -11.3. The monoisotopic (exact) mass is 881 g/mol. The summed E-state index contributed by atoms with van der Waals surface area (Å²) in [5.41, 5.74) is 3.51. The fraction of sp³-hybridized carbons (Fsp3) is 0.319. The predicted molar refractivity (Wildman–Crippen MR) is 223 cm³/mol. The minimum atomic E-state index is -6.23. The van der Waals surface area contributed by atoms with Crippen LogP contribution in [0.4, 0.5) is 43.9 Å². The molecule has 0 saturated carbocycles. The Balaban J connectivity index is 1.75. The van der Waals surface area contributed by atoms with Gasteiger partial charge in [0, 0.05) is 27.9 Å². The molecule has 0 N–H and O–H groups in total. The maximum absolute atomic E-state index is 14.7. The zero-order valence-corrected chi connectivity index (χ0v) is 35.2. The summed E-state index contributed by atoms with van der Waals surface area (Å²) in [6.45, 7) is 8.35. The molecular formula is C47H42BF10N3O2. The molecule has 0 atom stereocenters. The molecule has 0 amide bonds. The predicted octanol–water partition coefficient (Wildman–Crippen LogP) is 13.2. The first kappa shape index (κ1) is 46.8. The van der Waals surface area contributed by atoms with Crippen LogP contribution in [0, 0.1) is 18.3 Å². The van der Waals surface area contributed by atoms with Crippen molar-refractivity contribution in [3.63, 3.8) is 0 Å². The summed E-state index contributed by atoms with van der Waals surface area (Å²) >= 11 is 0. The molecule has 16 heteroatoms. The van der Waals surface area contributed by atoms with Gasteiger partial charge in [0.25, 0.3) is 0 Å². The van der Waals surface area contributed by atoms with E-state index < -0.39 is 50.1 Å². The van der Waals surface area contributed by atoms with Crippen LogP contribution in [0.3, 0.4) is 0 Å².